The maximum absolute atomic E-state index is 10.6. The molecule has 4 nitrogen and oxygen atoms in total. The molecule has 1 aliphatic heterocycles. The smallest absolute Gasteiger partial charge is 0.123 e. The molecule has 1 fully saturated rings. The molecule has 1 aliphatic rings. The molecule has 1 unspecified atom stereocenters. The highest BCUT2D eigenvalue weighted by Gasteiger charge is 2.30. The van der Waals surface area contributed by atoms with Gasteiger partial charge in [-0.1, -0.05) is 24.6 Å². The minimum atomic E-state index is -0.650. The zero-order chi connectivity index (χ0) is 15.3. The van der Waals surface area contributed by atoms with Crippen molar-refractivity contribution >= 4 is 0 Å². The van der Waals surface area contributed by atoms with Gasteiger partial charge in [0.1, 0.15) is 5.75 Å². The molecule has 118 valence electrons. The molecule has 1 atom stereocenters. The normalized spacial score (nSPS) is 19.2. The molecule has 0 radical (unpaired) electrons. The van der Waals surface area contributed by atoms with Crippen LogP contribution in [0.5, 0.6) is 5.75 Å². The molecule has 0 amide bonds. The zero-order valence-electron chi connectivity index (χ0n) is 13.3. The Hall–Kier alpha value is -1.10. The molecule has 0 saturated carbocycles. The number of hydrogen-bond donors (Lipinski definition) is 2. The largest absolute Gasteiger partial charge is 0.496 e. The highest BCUT2D eigenvalue weighted by Crippen LogP contribution is 2.29. The monoisotopic (exact) mass is 293 g/mol. The Kier molecular flexibility index (Phi) is 5.62. The molecule has 1 aromatic carbocycles. The first-order valence-corrected chi connectivity index (χ1v) is 7.76. The van der Waals surface area contributed by atoms with Gasteiger partial charge in [0.15, 0.2) is 0 Å². The van der Waals surface area contributed by atoms with Crippen LogP contribution >= 0.6 is 0 Å². The lowest BCUT2D eigenvalue weighted by molar-refractivity contribution is -0.0628. The number of hydrogen-bond acceptors (Lipinski definition) is 4. The van der Waals surface area contributed by atoms with Crippen LogP contribution in [0.15, 0.2) is 18.2 Å². The summed E-state index contributed by atoms with van der Waals surface area (Å²) in [6.07, 6.45) is 2.34. The summed E-state index contributed by atoms with van der Waals surface area (Å²) in [7, 11) is 1.70. The second-order valence-corrected chi connectivity index (χ2v) is 5.92. The van der Waals surface area contributed by atoms with Crippen LogP contribution in [0.25, 0.3) is 0 Å². The fraction of sp³-hybridized carbons (Fsp3) is 0.647. The van der Waals surface area contributed by atoms with Gasteiger partial charge in [-0.25, -0.2) is 0 Å². The number of rotatable bonds is 6. The lowest BCUT2D eigenvalue weighted by Gasteiger charge is -2.34. The van der Waals surface area contributed by atoms with E-state index in [1.807, 2.05) is 6.07 Å². The summed E-state index contributed by atoms with van der Waals surface area (Å²) in [6.45, 7) is 6.10. The average molecular weight is 293 g/mol. The molecule has 0 bridgehead atoms. The molecular formula is C17H27NO3. The maximum atomic E-state index is 10.6. The van der Waals surface area contributed by atoms with Crippen LogP contribution in [0.1, 0.15) is 43.4 Å². The third-order valence-corrected chi connectivity index (χ3v) is 4.27. The average Bonchev–Trinajstić information content (AvgIpc) is 2.49. The molecule has 21 heavy (non-hydrogen) atoms. The second-order valence-electron chi connectivity index (χ2n) is 5.92. The number of nitrogens with one attached hydrogen (secondary N) is 1. The molecule has 2 N–H and O–H groups in total. The van der Waals surface area contributed by atoms with Crippen molar-refractivity contribution in [3.63, 3.8) is 0 Å². The quantitative estimate of drug-likeness (QED) is 0.846. The number of ether oxygens (including phenoxy) is 2. The van der Waals surface area contributed by atoms with Crippen molar-refractivity contribution in [1.82, 2.24) is 5.32 Å². The van der Waals surface area contributed by atoms with Crippen molar-refractivity contribution in [2.45, 2.75) is 44.8 Å². The molecule has 1 heterocycles. The minimum absolute atomic E-state index is 0.187. The van der Waals surface area contributed by atoms with E-state index in [-0.39, 0.29) is 6.04 Å². The first-order valence-electron chi connectivity index (χ1n) is 7.76. The van der Waals surface area contributed by atoms with Gasteiger partial charge in [0.25, 0.3) is 0 Å². The van der Waals surface area contributed by atoms with Crippen LogP contribution in [0.3, 0.4) is 0 Å². The third-order valence-electron chi connectivity index (χ3n) is 4.27. The van der Waals surface area contributed by atoms with Crippen LogP contribution in [0, 0.1) is 6.92 Å². The Labute approximate surface area is 127 Å². The Morgan fingerprint density at radius 1 is 1.38 bits per heavy atom. The summed E-state index contributed by atoms with van der Waals surface area (Å²) >= 11 is 0. The summed E-state index contributed by atoms with van der Waals surface area (Å²) < 4.78 is 10.8. The van der Waals surface area contributed by atoms with Gasteiger partial charge in [-0.05, 0) is 19.4 Å². The van der Waals surface area contributed by atoms with Crippen LogP contribution in [0.4, 0.5) is 0 Å². The Bertz CT molecular complexity index is 455. The van der Waals surface area contributed by atoms with Gasteiger partial charge in [0.2, 0.25) is 0 Å². The van der Waals surface area contributed by atoms with Crippen molar-refractivity contribution in [2.24, 2.45) is 0 Å². The number of aliphatic hydroxyl groups is 1. The standard InChI is InChI=1S/C17H27NO3/c1-4-15(14-11-13(2)5-6-16(14)20-3)18-12-17(19)7-9-21-10-8-17/h5-6,11,15,18-19H,4,7-10,12H2,1-3H3. The van der Waals surface area contributed by atoms with Gasteiger partial charge >= 0.3 is 0 Å². The summed E-state index contributed by atoms with van der Waals surface area (Å²) in [4.78, 5) is 0. The molecule has 1 aromatic rings. The van der Waals surface area contributed by atoms with E-state index in [0.717, 1.165) is 17.7 Å². The van der Waals surface area contributed by atoms with Crippen LogP contribution in [0.2, 0.25) is 0 Å². The second kappa shape index (κ2) is 7.25. The van der Waals surface area contributed by atoms with E-state index in [9.17, 15) is 5.11 Å². The lowest BCUT2D eigenvalue weighted by Crippen LogP contribution is -2.45. The van der Waals surface area contributed by atoms with Crippen LogP contribution < -0.4 is 10.1 Å². The van der Waals surface area contributed by atoms with E-state index in [0.29, 0.717) is 32.6 Å². The van der Waals surface area contributed by atoms with Crippen molar-refractivity contribution in [1.29, 1.82) is 0 Å². The third kappa shape index (κ3) is 4.19. The van der Waals surface area contributed by atoms with E-state index in [2.05, 4.69) is 31.3 Å². The highest BCUT2D eigenvalue weighted by molar-refractivity contribution is 5.39. The summed E-state index contributed by atoms with van der Waals surface area (Å²) in [5, 5.41) is 14.1. The first-order chi connectivity index (χ1) is 10.1. The van der Waals surface area contributed by atoms with E-state index in [1.54, 1.807) is 7.11 Å². The molecule has 1 saturated heterocycles. The maximum Gasteiger partial charge on any atom is 0.123 e. The lowest BCUT2D eigenvalue weighted by atomic mass is 9.93. The first kappa shape index (κ1) is 16.3. The van der Waals surface area contributed by atoms with Gasteiger partial charge < -0.3 is 19.9 Å². The summed E-state index contributed by atoms with van der Waals surface area (Å²) in [6, 6.07) is 6.42. The zero-order valence-corrected chi connectivity index (χ0v) is 13.3. The van der Waals surface area contributed by atoms with Crippen LogP contribution in [-0.2, 0) is 4.74 Å². The Morgan fingerprint density at radius 3 is 2.71 bits per heavy atom. The summed E-state index contributed by atoms with van der Waals surface area (Å²) in [5.74, 6) is 0.902. The van der Waals surface area contributed by atoms with Gasteiger partial charge in [-0.2, -0.15) is 0 Å². The van der Waals surface area contributed by atoms with Gasteiger partial charge in [-0.15, -0.1) is 0 Å². The van der Waals surface area contributed by atoms with Crippen molar-refractivity contribution in [2.75, 3.05) is 26.9 Å². The van der Waals surface area contributed by atoms with Gasteiger partial charge in [0.05, 0.1) is 12.7 Å². The molecule has 4 heteroatoms. The van der Waals surface area contributed by atoms with E-state index in [4.69, 9.17) is 9.47 Å². The highest BCUT2D eigenvalue weighted by atomic mass is 16.5. The van der Waals surface area contributed by atoms with Crippen molar-refractivity contribution in [3.05, 3.63) is 29.3 Å². The molecular weight excluding hydrogens is 266 g/mol. The molecule has 0 aliphatic carbocycles. The number of methoxy groups -OCH3 is 1. The van der Waals surface area contributed by atoms with Crippen LogP contribution in [-0.4, -0.2) is 37.6 Å². The topological polar surface area (TPSA) is 50.7 Å². The minimum Gasteiger partial charge on any atom is -0.496 e. The Morgan fingerprint density at radius 2 is 2.10 bits per heavy atom. The van der Waals surface area contributed by atoms with E-state index in [1.165, 1.54) is 5.56 Å². The van der Waals surface area contributed by atoms with E-state index >= 15 is 0 Å². The fourth-order valence-electron chi connectivity index (χ4n) is 2.84. The predicted octanol–water partition coefficient (Wildman–Crippen LogP) is 2.59. The van der Waals surface area contributed by atoms with Crippen molar-refractivity contribution in [3.8, 4) is 5.75 Å². The molecule has 0 spiro atoms. The Balaban J connectivity index is 2.07. The molecule has 0 aromatic heterocycles. The van der Waals surface area contributed by atoms with Crippen molar-refractivity contribution < 1.29 is 14.6 Å². The van der Waals surface area contributed by atoms with Gasteiger partial charge in [0, 0.05) is 44.2 Å². The van der Waals surface area contributed by atoms with E-state index < -0.39 is 5.60 Å². The summed E-state index contributed by atoms with van der Waals surface area (Å²) in [5.41, 5.74) is 1.73. The number of benzene rings is 1. The van der Waals surface area contributed by atoms with Gasteiger partial charge in [-0.3, -0.25) is 0 Å². The SMILES string of the molecule is CCC(NCC1(O)CCOCC1)c1cc(C)ccc1OC. The number of aryl methyl sites for hydroxylation is 1. The molecule has 2 rings (SSSR count). The fourth-order valence-corrected chi connectivity index (χ4v) is 2.84. The predicted molar refractivity (Wildman–Crippen MR) is 83.8 cm³/mol.